The fraction of sp³-hybridized carbons (Fsp3) is 0.174. The lowest BCUT2D eigenvalue weighted by molar-refractivity contribution is -0.385. The van der Waals surface area contributed by atoms with Gasteiger partial charge < -0.3 is 14.4 Å². The first-order valence-electron chi connectivity index (χ1n) is 9.82. The number of rotatable bonds is 9. The van der Waals surface area contributed by atoms with Crippen molar-refractivity contribution in [1.82, 2.24) is 4.98 Å². The Labute approximate surface area is 184 Å². The lowest BCUT2D eigenvalue weighted by Crippen LogP contribution is -2.34. The maximum atomic E-state index is 13.0. The zero-order valence-electron chi connectivity index (χ0n) is 17.3. The van der Waals surface area contributed by atoms with Crippen LogP contribution in [0.25, 0.3) is 0 Å². The van der Waals surface area contributed by atoms with Gasteiger partial charge in [-0.15, -0.1) is 0 Å². The number of para-hydroxylation sites is 2. The van der Waals surface area contributed by atoms with Gasteiger partial charge in [-0.1, -0.05) is 12.1 Å². The minimum atomic E-state index is -0.567. The number of nitrogens with zero attached hydrogens (tertiary/aromatic N) is 3. The average Bonchev–Trinajstić information content (AvgIpc) is 2.82. The van der Waals surface area contributed by atoms with Crippen LogP contribution in [-0.2, 0) is 16.1 Å². The van der Waals surface area contributed by atoms with Crippen molar-refractivity contribution in [3.63, 3.8) is 0 Å². The van der Waals surface area contributed by atoms with Crippen LogP contribution in [0, 0.1) is 10.1 Å². The molecule has 0 fully saturated rings. The van der Waals surface area contributed by atoms with Crippen molar-refractivity contribution in [2.45, 2.75) is 13.5 Å². The summed E-state index contributed by atoms with van der Waals surface area (Å²) in [5.41, 5.74) is 1.50. The highest BCUT2D eigenvalue weighted by Crippen LogP contribution is 2.26. The number of amides is 1. The Morgan fingerprint density at radius 3 is 2.38 bits per heavy atom. The normalized spacial score (nSPS) is 10.3. The number of carbonyl (C=O) groups is 2. The van der Waals surface area contributed by atoms with Gasteiger partial charge in [-0.3, -0.25) is 19.9 Å². The van der Waals surface area contributed by atoms with Crippen molar-refractivity contribution < 1.29 is 24.0 Å². The Morgan fingerprint density at radius 2 is 1.72 bits per heavy atom. The molecule has 0 radical (unpaired) electrons. The average molecular weight is 435 g/mol. The van der Waals surface area contributed by atoms with E-state index in [1.807, 2.05) is 0 Å². The maximum Gasteiger partial charge on any atom is 0.338 e. The van der Waals surface area contributed by atoms with Crippen LogP contribution in [0.3, 0.4) is 0 Å². The SMILES string of the molecule is CCOC(=O)c1ccc(N(Cc2ccncc2)C(=O)COc2ccccc2[N+](=O)[O-])cc1. The van der Waals surface area contributed by atoms with Gasteiger partial charge in [-0.2, -0.15) is 0 Å². The first-order valence-corrected chi connectivity index (χ1v) is 9.82. The summed E-state index contributed by atoms with van der Waals surface area (Å²) in [5.74, 6) is -0.859. The van der Waals surface area contributed by atoms with Crippen molar-refractivity contribution in [3.05, 3.63) is 94.3 Å². The third-order valence-electron chi connectivity index (χ3n) is 4.49. The minimum absolute atomic E-state index is 0.00682. The molecule has 0 unspecified atom stereocenters. The fourth-order valence-corrected chi connectivity index (χ4v) is 2.93. The zero-order valence-corrected chi connectivity index (χ0v) is 17.3. The van der Waals surface area contributed by atoms with Crippen LogP contribution < -0.4 is 9.64 Å². The molecule has 0 atom stereocenters. The van der Waals surface area contributed by atoms with Gasteiger partial charge in [0.05, 0.1) is 23.6 Å². The number of ether oxygens (including phenoxy) is 2. The number of nitro groups is 1. The molecule has 3 rings (SSSR count). The summed E-state index contributed by atoms with van der Waals surface area (Å²) in [5, 5.41) is 11.2. The Bertz CT molecular complexity index is 1090. The number of esters is 1. The van der Waals surface area contributed by atoms with E-state index in [-0.39, 0.29) is 24.6 Å². The number of hydrogen-bond acceptors (Lipinski definition) is 7. The highest BCUT2D eigenvalue weighted by atomic mass is 16.6. The Hall–Kier alpha value is -4.27. The molecule has 0 aliphatic rings. The van der Waals surface area contributed by atoms with Crippen molar-refractivity contribution >= 4 is 23.3 Å². The number of anilines is 1. The first-order chi connectivity index (χ1) is 15.5. The molecule has 0 spiro atoms. The van der Waals surface area contributed by atoms with Crippen molar-refractivity contribution in [2.75, 3.05) is 18.1 Å². The molecule has 0 saturated heterocycles. The van der Waals surface area contributed by atoms with Crippen LogP contribution in [0.1, 0.15) is 22.8 Å². The van der Waals surface area contributed by atoms with Gasteiger partial charge in [-0.05, 0) is 55.0 Å². The van der Waals surface area contributed by atoms with Crippen LogP contribution >= 0.6 is 0 Å². The van der Waals surface area contributed by atoms with Crippen LogP contribution in [0.4, 0.5) is 11.4 Å². The fourth-order valence-electron chi connectivity index (χ4n) is 2.93. The lowest BCUT2D eigenvalue weighted by Gasteiger charge is -2.23. The smallest absolute Gasteiger partial charge is 0.338 e. The number of benzene rings is 2. The molecule has 0 aliphatic heterocycles. The van der Waals surface area contributed by atoms with E-state index in [0.717, 1.165) is 5.56 Å². The molecular formula is C23H21N3O6. The summed E-state index contributed by atoms with van der Waals surface area (Å²) < 4.78 is 10.5. The zero-order chi connectivity index (χ0) is 22.9. The van der Waals surface area contributed by atoms with E-state index in [4.69, 9.17) is 9.47 Å². The molecule has 1 amide bonds. The third kappa shape index (κ3) is 5.66. The van der Waals surface area contributed by atoms with Crippen LogP contribution in [0.15, 0.2) is 73.1 Å². The molecule has 1 aromatic heterocycles. The summed E-state index contributed by atoms with van der Waals surface area (Å²) in [6.45, 7) is 1.80. The molecule has 1 heterocycles. The van der Waals surface area contributed by atoms with Gasteiger partial charge in [0, 0.05) is 24.1 Å². The maximum absolute atomic E-state index is 13.0. The highest BCUT2D eigenvalue weighted by molar-refractivity contribution is 5.95. The highest BCUT2D eigenvalue weighted by Gasteiger charge is 2.20. The monoisotopic (exact) mass is 435 g/mol. The molecule has 32 heavy (non-hydrogen) atoms. The second kappa shape index (κ2) is 10.7. The summed E-state index contributed by atoms with van der Waals surface area (Å²) in [7, 11) is 0. The van der Waals surface area contributed by atoms with Gasteiger partial charge in [0.1, 0.15) is 0 Å². The van der Waals surface area contributed by atoms with Crippen molar-refractivity contribution in [2.24, 2.45) is 0 Å². The first kappa shape index (κ1) is 22.4. The number of pyridine rings is 1. The molecule has 2 aromatic carbocycles. The Balaban J connectivity index is 1.82. The van der Waals surface area contributed by atoms with Gasteiger partial charge in [0.25, 0.3) is 5.91 Å². The molecule has 0 aliphatic carbocycles. The number of carbonyl (C=O) groups excluding carboxylic acids is 2. The van der Waals surface area contributed by atoms with E-state index in [9.17, 15) is 19.7 Å². The quantitative estimate of drug-likeness (QED) is 0.286. The second-order valence-electron chi connectivity index (χ2n) is 6.62. The molecule has 0 saturated carbocycles. The second-order valence-corrected chi connectivity index (χ2v) is 6.62. The minimum Gasteiger partial charge on any atom is -0.477 e. The Morgan fingerprint density at radius 1 is 1.03 bits per heavy atom. The molecule has 9 heteroatoms. The standard InChI is InChI=1S/C23H21N3O6/c1-2-31-23(28)18-7-9-19(10-8-18)25(15-17-11-13-24-14-12-17)22(27)16-32-21-6-4-3-5-20(21)26(29)30/h3-14H,2,15-16H2,1H3. The van der Waals surface area contributed by atoms with E-state index in [0.29, 0.717) is 11.3 Å². The topological polar surface area (TPSA) is 112 Å². The van der Waals surface area contributed by atoms with Gasteiger partial charge in [-0.25, -0.2) is 4.79 Å². The van der Waals surface area contributed by atoms with Gasteiger partial charge in [0.2, 0.25) is 0 Å². The lowest BCUT2D eigenvalue weighted by atomic mass is 10.1. The Kier molecular flexibility index (Phi) is 7.47. The molecule has 9 nitrogen and oxygen atoms in total. The largest absolute Gasteiger partial charge is 0.477 e. The summed E-state index contributed by atoms with van der Waals surface area (Å²) >= 11 is 0. The summed E-state index contributed by atoms with van der Waals surface area (Å²) in [4.78, 5) is 41.0. The van der Waals surface area contributed by atoms with E-state index in [2.05, 4.69) is 4.98 Å². The van der Waals surface area contributed by atoms with Crippen LogP contribution in [-0.4, -0.2) is 35.0 Å². The van der Waals surface area contributed by atoms with E-state index < -0.39 is 23.4 Å². The van der Waals surface area contributed by atoms with E-state index in [1.165, 1.54) is 23.1 Å². The third-order valence-corrected chi connectivity index (χ3v) is 4.49. The number of nitro benzene ring substituents is 1. The van der Waals surface area contributed by atoms with Crippen molar-refractivity contribution in [1.29, 1.82) is 0 Å². The van der Waals surface area contributed by atoms with Gasteiger partial charge >= 0.3 is 11.7 Å². The molecule has 3 aromatic rings. The van der Waals surface area contributed by atoms with Crippen LogP contribution in [0.2, 0.25) is 0 Å². The predicted octanol–water partition coefficient (Wildman–Crippen LogP) is 3.78. The molecule has 0 N–H and O–H groups in total. The molecule has 164 valence electrons. The number of aromatic nitrogens is 1. The molecule has 0 bridgehead atoms. The summed E-state index contributed by atoms with van der Waals surface area (Å²) in [6, 6.07) is 15.8. The van der Waals surface area contributed by atoms with E-state index in [1.54, 1.807) is 61.8 Å². The predicted molar refractivity (Wildman–Crippen MR) is 116 cm³/mol. The van der Waals surface area contributed by atoms with Gasteiger partial charge in [0.15, 0.2) is 12.4 Å². The van der Waals surface area contributed by atoms with E-state index >= 15 is 0 Å². The summed E-state index contributed by atoms with van der Waals surface area (Å²) in [6.07, 6.45) is 3.23. The number of hydrogen-bond donors (Lipinski definition) is 0. The van der Waals surface area contributed by atoms with Crippen LogP contribution in [0.5, 0.6) is 5.75 Å². The molecular weight excluding hydrogens is 414 g/mol. The van der Waals surface area contributed by atoms with Crippen molar-refractivity contribution in [3.8, 4) is 5.75 Å².